The van der Waals surface area contributed by atoms with E-state index in [2.05, 4.69) is 0 Å². The fourth-order valence-electron chi connectivity index (χ4n) is 2.17. The molecule has 0 saturated carbocycles. The lowest BCUT2D eigenvalue weighted by molar-refractivity contribution is -0.310. The second-order valence-corrected chi connectivity index (χ2v) is 4.21. The van der Waals surface area contributed by atoms with Gasteiger partial charge in [0.25, 0.3) is 0 Å². The van der Waals surface area contributed by atoms with Gasteiger partial charge < -0.3 is 14.8 Å². The monoisotopic (exact) mass is 232 g/mol. The van der Waals surface area contributed by atoms with Gasteiger partial charge in [0, 0.05) is 30.5 Å². The first-order chi connectivity index (χ1) is 8.13. The normalized spacial score (nSPS) is 19.7. The van der Waals surface area contributed by atoms with Crippen molar-refractivity contribution in [1.82, 2.24) is 0 Å². The van der Waals surface area contributed by atoms with Crippen molar-refractivity contribution in [2.45, 2.75) is 19.8 Å². The van der Waals surface area contributed by atoms with Crippen LogP contribution in [0.2, 0.25) is 0 Å². The summed E-state index contributed by atoms with van der Waals surface area (Å²) in [4.78, 5) is 24.1. The SMILES string of the molecule is CCc1ccccc1N1CC(C(=O)[O-])CC1=O. The molecular formula is C13H14NO3-. The Morgan fingerprint density at radius 3 is 2.76 bits per heavy atom. The number of aryl methyl sites for hydroxylation is 1. The van der Waals surface area contributed by atoms with Crippen molar-refractivity contribution in [1.29, 1.82) is 0 Å². The van der Waals surface area contributed by atoms with Crippen molar-refractivity contribution in [2.24, 2.45) is 5.92 Å². The van der Waals surface area contributed by atoms with Crippen LogP contribution in [0.1, 0.15) is 18.9 Å². The molecule has 1 unspecified atom stereocenters. The van der Waals surface area contributed by atoms with E-state index >= 15 is 0 Å². The highest BCUT2D eigenvalue weighted by atomic mass is 16.4. The molecule has 0 N–H and O–H groups in total. The van der Waals surface area contributed by atoms with Crippen molar-refractivity contribution in [3.8, 4) is 0 Å². The molecule has 0 radical (unpaired) electrons. The average Bonchev–Trinajstić information content (AvgIpc) is 2.71. The Kier molecular flexibility index (Phi) is 3.13. The number of hydrogen-bond acceptors (Lipinski definition) is 3. The van der Waals surface area contributed by atoms with Crippen molar-refractivity contribution in [3.05, 3.63) is 29.8 Å². The van der Waals surface area contributed by atoms with Gasteiger partial charge in [0.15, 0.2) is 0 Å². The number of hydrogen-bond donors (Lipinski definition) is 0. The zero-order chi connectivity index (χ0) is 12.4. The van der Waals surface area contributed by atoms with Gasteiger partial charge in [0.1, 0.15) is 0 Å². The van der Waals surface area contributed by atoms with Crippen molar-refractivity contribution < 1.29 is 14.7 Å². The van der Waals surface area contributed by atoms with E-state index in [4.69, 9.17) is 0 Å². The van der Waals surface area contributed by atoms with Crippen LogP contribution < -0.4 is 10.0 Å². The summed E-state index contributed by atoms with van der Waals surface area (Å²) >= 11 is 0. The van der Waals surface area contributed by atoms with Gasteiger partial charge in [-0.3, -0.25) is 4.79 Å². The molecule has 4 heteroatoms. The van der Waals surface area contributed by atoms with Gasteiger partial charge in [0.2, 0.25) is 5.91 Å². The quantitative estimate of drug-likeness (QED) is 0.755. The molecule has 1 aliphatic rings. The predicted octanol–water partition coefficient (Wildman–Crippen LogP) is 0.352. The zero-order valence-corrected chi connectivity index (χ0v) is 9.68. The Morgan fingerprint density at radius 1 is 1.47 bits per heavy atom. The van der Waals surface area contributed by atoms with Gasteiger partial charge in [-0.15, -0.1) is 0 Å². The summed E-state index contributed by atoms with van der Waals surface area (Å²) in [5.74, 6) is -1.97. The van der Waals surface area contributed by atoms with E-state index in [0.717, 1.165) is 17.7 Å². The lowest BCUT2D eigenvalue weighted by Crippen LogP contribution is -2.33. The first-order valence-corrected chi connectivity index (χ1v) is 5.72. The number of benzene rings is 1. The van der Waals surface area contributed by atoms with Gasteiger partial charge in [-0.2, -0.15) is 0 Å². The minimum Gasteiger partial charge on any atom is -0.550 e. The predicted molar refractivity (Wildman–Crippen MR) is 61.3 cm³/mol. The second kappa shape index (κ2) is 4.57. The molecule has 90 valence electrons. The van der Waals surface area contributed by atoms with Gasteiger partial charge >= 0.3 is 0 Å². The van der Waals surface area contributed by atoms with Gasteiger partial charge in [-0.05, 0) is 18.1 Å². The number of carbonyl (C=O) groups excluding carboxylic acids is 2. The third kappa shape index (κ3) is 2.16. The molecule has 0 aliphatic carbocycles. The highest BCUT2D eigenvalue weighted by Crippen LogP contribution is 2.28. The van der Waals surface area contributed by atoms with Crippen LogP contribution in [0.4, 0.5) is 5.69 Å². The highest BCUT2D eigenvalue weighted by Gasteiger charge is 2.31. The average molecular weight is 232 g/mol. The van der Waals surface area contributed by atoms with Crippen LogP contribution in [0.25, 0.3) is 0 Å². The van der Waals surface area contributed by atoms with E-state index in [1.54, 1.807) is 4.90 Å². The second-order valence-electron chi connectivity index (χ2n) is 4.21. The number of para-hydroxylation sites is 1. The molecule has 1 fully saturated rings. The largest absolute Gasteiger partial charge is 0.550 e. The summed E-state index contributed by atoms with van der Waals surface area (Å²) in [6, 6.07) is 7.58. The first kappa shape index (κ1) is 11.6. The summed E-state index contributed by atoms with van der Waals surface area (Å²) < 4.78 is 0. The first-order valence-electron chi connectivity index (χ1n) is 5.72. The topological polar surface area (TPSA) is 60.4 Å². The summed E-state index contributed by atoms with van der Waals surface area (Å²) in [7, 11) is 0. The molecule has 1 aromatic carbocycles. The van der Waals surface area contributed by atoms with Gasteiger partial charge in [-0.25, -0.2) is 0 Å². The lowest BCUT2D eigenvalue weighted by Gasteiger charge is -2.20. The number of carboxylic acid groups (broad SMARTS) is 1. The third-order valence-corrected chi connectivity index (χ3v) is 3.12. The maximum absolute atomic E-state index is 11.8. The zero-order valence-electron chi connectivity index (χ0n) is 9.68. The van der Waals surface area contributed by atoms with E-state index in [0.29, 0.717) is 0 Å². The summed E-state index contributed by atoms with van der Waals surface area (Å²) in [6.07, 6.45) is 0.857. The minimum atomic E-state index is -1.14. The van der Waals surface area contributed by atoms with E-state index in [-0.39, 0.29) is 18.9 Å². The number of carbonyl (C=O) groups is 2. The van der Waals surface area contributed by atoms with Crippen molar-refractivity contribution in [2.75, 3.05) is 11.4 Å². The summed E-state index contributed by atoms with van der Waals surface area (Å²) in [6.45, 7) is 2.23. The molecule has 17 heavy (non-hydrogen) atoms. The molecule has 1 aliphatic heterocycles. The molecule has 0 bridgehead atoms. The maximum Gasteiger partial charge on any atom is 0.227 e. The smallest absolute Gasteiger partial charge is 0.227 e. The molecule has 1 aromatic rings. The molecule has 4 nitrogen and oxygen atoms in total. The van der Waals surface area contributed by atoms with Gasteiger partial charge in [0.05, 0.1) is 0 Å². The number of rotatable bonds is 3. The Balaban J connectivity index is 2.29. The van der Waals surface area contributed by atoms with Gasteiger partial charge in [-0.1, -0.05) is 25.1 Å². The third-order valence-electron chi connectivity index (χ3n) is 3.12. The molecule has 1 saturated heterocycles. The molecule has 0 aromatic heterocycles. The van der Waals surface area contributed by atoms with Crippen LogP contribution >= 0.6 is 0 Å². The van der Waals surface area contributed by atoms with Crippen molar-refractivity contribution >= 4 is 17.6 Å². The highest BCUT2D eigenvalue weighted by molar-refractivity contribution is 5.99. The minimum absolute atomic E-state index is 0.0420. The molecule has 2 rings (SSSR count). The number of nitrogens with zero attached hydrogens (tertiary/aromatic N) is 1. The van der Waals surface area contributed by atoms with E-state index in [1.807, 2.05) is 31.2 Å². The fourth-order valence-corrected chi connectivity index (χ4v) is 2.17. The Labute approximate surface area is 99.9 Å². The lowest BCUT2D eigenvalue weighted by atomic mass is 10.1. The number of carboxylic acids is 1. The molecule has 1 heterocycles. The number of aliphatic carboxylic acids is 1. The molecular weight excluding hydrogens is 218 g/mol. The summed E-state index contributed by atoms with van der Waals surface area (Å²) in [5, 5.41) is 10.8. The van der Waals surface area contributed by atoms with Crippen LogP contribution in [-0.2, 0) is 16.0 Å². The van der Waals surface area contributed by atoms with E-state index in [9.17, 15) is 14.7 Å². The van der Waals surface area contributed by atoms with Crippen LogP contribution in [0.15, 0.2) is 24.3 Å². The summed E-state index contributed by atoms with van der Waals surface area (Å²) in [5.41, 5.74) is 1.88. The Bertz CT molecular complexity index is 456. The van der Waals surface area contributed by atoms with Crippen LogP contribution in [0.3, 0.4) is 0 Å². The number of amides is 1. The van der Waals surface area contributed by atoms with E-state index in [1.165, 1.54) is 0 Å². The molecule has 1 amide bonds. The maximum atomic E-state index is 11.8. The van der Waals surface area contributed by atoms with Crippen LogP contribution in [0.5, 0.6) is 0 Å². The van der Waals surface area contributed by atoms with Crippen LogP contribution in [0, 0.1) is 5.92 Å². The standard InChI is InChI=1S/C13H15NO3/c1-2-9-5-3-4-6-11(9)14-8-10(13(16)17)7-12(14)15/h3-6,10H,2,7-8H2,1H3,(H,16,17)/p-1. The Hall–Kier alpha value is -1.84. The van der Waals surface area contributed by atoms with Crippen LogP contribution in [-0.4, -0.2) is 18.4 Å². The van der Waals surface area contributed by atoms with Crippen molar-refractivity contribution in [3.63, 3.8) is 0 Å². The Morgan fingerprint density at radius 2 is 2.18 bits per heavy atom. The molecule has 0 spiro atoms. The number of anilines is 1. The molecule has 1 atom stereocenters. The van der Waals surface area contributed by atoms with E-state index < -0.39 is 11.9 Å². The fraction of sp³-hybridized carbons (Fsp3) is 0.385.